The van der Waals surface area contributed by atoms with Crippen molar-refractivity contribution in [3.05, 3.63) is 54.1 Å². The Labute approximate surface area is 167 Å². The van der Waals surface area contributed by atoms with Gasteiger partial charge in [0.15, 0.2) is 6.61 Å². The topological polar surface area (TPSA) is 84.5 Å². The number of alkyl halides is 3. The van der Waals surface area contributed by atoms with E-state index in [0.29, 0.717) is 12.6 Å². The van der Waals surface area contributed by atoms with E-state index in [9.17, 15) is 26.4 Å². The van der Waals surface area contributed by atoms with Gasteiger partial charge in [-0.2, -0.15) is 13.2 Å². The van der Waals surface area contributed by atoms with Crippen molar-refractivity contribution >= 4 is 21.6 Å². The number of carbonyl (C=O) groups excluding carboxylic acids is 1. The molecule has 0 unspecified atom stereocenters. The molecule has 0 radical (unpaired) electrons. The molecule has 0 saturated heterocycles. The number of rotatable bonds is 9. The van der Waals surface area contributed by atoms with Crippen LogP contribution < -0.4 is 14.8 Å². The van der Waals surface area contributed by atoms with Crippen molar-refractivity contribution < 1.29 is 31.1 Å². The average Bonchev–Trinajstić information content (AvgIpc) is 2.66. The predicted octanol–water partition coefficient (Wildman–Crippen LogP) is 3.80. The Bertz CT molecular complexity index is 929. The van der Waals surface area contributed by atoms with Gasteiger partial charge in [0.1, 0.15) is 5.75 Å². The Balaban J connectivity index is 2.00. The van der Waals surface area contributed by atoms with Gasteiger partial charge in [-0.15, -0.1) is 0 Å². The zero-order valence-corrected chi connectivity index (χ0v) is 16.4. The Morgan fingerprint density at radius 1 is 1.10 bits per heavy atom. The fourth-order valence-corrected chi connectivity index (χ4v) is 3.34. The second-order valence-electron chi connectivity index (χ2n) is 6.15. The number of nitrogens with one attached hydrogen (secondary N) is 2. The molecule has 2 aromatic carbocycles. The molecule has 0 saturated carbocycles. The minimum atomic E-state index is -4.58. The van der Waals surface area contributed by atoms with Crippen LogP contribution in [0.2, 0.25) is 0 Å². The van der Waals surface area contributed by atoms with Gasteiger partial charge in [-0.25, -0.2) is 8.42 Å². The molecule has 1 amide bonds. The van der Waals surface area contributed by atoms with Crippen LogP contribution >= 0.6 is 0 Å². The van der Waals surface area contributed by atoms with Crippen molar-refractivity contribution in [2.24, 2.45) is 0 Å². The van der Waals surface area contributed by atoms with Gasteiger partial charge in [0, 0.05) is 12.2 Å². The Kier molecular flexibility index (Phi) is 7.49. The summed E-state index contributed by atoms with van der Waals surface area (Å²) < 4.78 is 70.5. The number of sulfonamides is 1. The van der Waals surface area contributed by atoms with Gasteiger partial charge in [0.2, 0.25) is 0 Å². The first kappa shape index (κ1) is 22.5. The van der Waals surface area contributed by atoms with Crippen LogP contribution in [0.3, 0.4) is 0 Å². The van der Waals surface area contributed by atoms with Crippen molar-refractivity contribution in [1.82, 2.24) is 5.32 Å². The van der Waals surface area contributed by atoms with E-state index < -0.39 is 21.8 Å². The van der Waals surface area contributed by atoms with Crippen molar-refractivity contribution in [3.8, 4) is 5.75 Å². The van der Waals surface area contributed by atoms with Gasteiger partial charge in [-0.3, -0.25) is 9.52 Å². The summed E-state index contributed by atoms with van der Waals surface area (Å²) in [6.45, 7) is 2.34. The summed E-state index contributed by atoms with van der Waals surface area (Å²) in [5.41, 5.74) is -1.16. The second kappa shape index (κ2) is 9.64. The molecule has 0 aliphatic heterocycles. The van der Waals surface area contributed by atoms with Crippen LogP contribution in [-0.4, -0.2) is 27.5 Å². The summed E-state index contributed by atoms with van der Waals surface area (Å²) in [7, 11) is -4.09. The molecule has 0 atom stereocenters. The molecule has 0 bridgehead atoms. The van der Waals surface area contributed by atoms with E-state index in [2.05, 4.69) is 10.0 Å². The number of anilines is 1. The van der Waals surface area contributed by atoms with E-state index in [4.69, 9.17) is 4.74 Å². The molecule has 10 heteroatoms. The van der Waals surface area contributed by atoms with E-state index in [0.717, 1.165) is 25.0 Å². The third kappa shape index (κ3) is 6.97. The maximum absolute atomic E-state index is 12.8. The van der Waals surface area contributed by atoms with Crippen molar-refractivity contribution in [1.29, 1.82) is 0 Å². The third-order valence-electron chi connectivity index (χ3n) is 3.80. The standard InChI is InChI=1S/C19H21F3N2O4S/c1-2-3-11-23-18(25)13-28-16-7-9-17(10-8-16)29(26,27)24-15-6-4-5-14(12-15)19(20,21)22/h4-10,12,24H,2-3,11,13H2,1H3,(H,23,25). The molecule has 29 heavy (non-hydrogen) atoms. The maximum Gasteiger partial charge on any atom is 0.416 e. The predicted molar refractivity (Wildman–Crippen MR) is 102 cm³/mol. The first-order valence-electron chi connectivity index (χ1n) is 8.81. The molecule has 0 aromatic heterocycles. The lowest BCUT2D eigenvalue weighted by Crippen LogP contribution is -2.29. The first-order valence-corrected chi connectivity index (χ1v) is 10.3. The van der Waals surface area contributed by atoms with E-state index >= 15 is 0 Å². The SMILES string of the molecule is CCCCNC(=O)COc1ccc(S(=O)(=O)Nc2cccc(C(F)(F)F)c2)cc1. The molecule has 6 nitrogen and oxygen atoms in total. The highest BCUT2D eigenvalue weighted by atomic mass is 32.2. The lowest BCUT2D eigenvalue weighted by Gasteiger charge is -2.12. The molecule has 2 rings (SSSR count). The number of halogens is 3. The number of benzene rings is 2. The van der Waals surface area contributed by atoms with Crippen LogP contribution in [0, 0.1) is 0 Å². The van der Waals surface area contributed by atoms with Crippen LogP contribution in [0.5, 0.6) is 5.75 Å². The number of amides is 1. The summed E-state index contributed by atoms with van der Waals surface area (Å²) >= 11 is 0. The van der Waals surface area contributed by atoms with Gasteiger partial charge < -0.3 is 10.1 Å². The lowest BCUT2D eigenvalue weighted by atomic mass is 10.2. The van der Waals surface area contributed by atoms with Gasteiger partial charge >= 0.3 is 6.18 Å². The molecule has 158 valence electrons. The van der Waals surface area contributed by atoms with Crippen LogP contribution in [-0.2, 0) is 21.0 Å². The van der Waals surface area contributed by atoms with Crippen molar-refractivity contribution in [2.75, 3.05) is 17.9 Å². The average molecular weight is 430 g/mol. The lowest BCUT2D eigenvalue weighted by molar-refractivity contribution is -0.137. The maximum atomic E-state index is 12.8. The van der Waals surface area contributed by atoms with Crippen LogP contribution in [0.1, 0.15) is 25.3 Å². The molecular weight excluding hydrogens is 409 g/mol. The minimum absolute atomic E-state index is 0.158. The van der Waals surface area contributed by atoms with Crippen molar-refractivity contribution in [3.63, 3.8) is 0 Å². The van der Waals surface area contributed by atoms with E-state index in [1.54, 1.807) is 0 Å². The smallest absolute Gasteiger partial charge is 0.416 e. The molecule has 2 aromatic rings. The highest BCUT2D eigenvalue weighted by Crippen LogP contribution is 2.31. The van der Waals surface area contributed by atoms with E-state index in [1.165, 1.54) is 30.3 Å². The molecule has 0 fully saturated rings. The summed E-state index contributed by atoms with van der Waals surface area (Å²) in [4.78, 5) is 11.4. The second-order valence-corrected chi connectivity index (χ2v) is 7.83. The molecule has 0 aliphatic rings. The fourth-order valence-electron chi connectivity index (χ4n) is 2.29. The summed E-state index contributed by atoms with van der Waals surface area (Å²) in [5, 5.41) is 2.68. The summed E-state index contributed by atoms with van der Waals surface area (Å²) in [6.07, 6.45) is -2.77. The molecule has 0 spiro atoms. The molecule has 2 N–H and O–H groups in total. The number of ether oxygens (including phenoxy) is 1. The number of hydrogen-bond donors (Lipinski definition) is 2. The molecule has 0 heterocycles. The third-order valence-corrected chi connectivity index (χ3v) is 5.20. The summed E-state index contributed by atoms with van der Waals surface area (Å²) in [6, 6.07) is 9.10. The Morgan fingerprint density at radius 3 is 2.41 bits per heavy atom. The largest absolute Gasteiger partial charge is 0.484 e. The zero-order valence-electron chi connectivity index (χ0n) is 15.6. The van der Waals surface area contributed by atoms with Gasteiger partial charge in [0.25, 0.3) is 15.9 Å². The van der Waals surface area contributed by atoms with E-state index in [1.807, 2.05) is 6.92 Å². The number of unbranched alkanes of at least 4 members (excludes halogenated alkanes) is 1. The summed E-state index contributed by atoms with van der Waals surface area (Å²) in [5.74, 6) is -0.00461. The fraction of sp³-hybridized carbons (Fsp3) is 0.316. The highest BCUT2D eigenvalue weighted by Gasteiger charge is 2.30. The zero-order chi connectivity index (χ0) is 21.5. The monoisotopic (exact) mass is 430 g/mol. The van der Waals surface area contributed by atoms with Gasteiger partial charge in [-0.1, -0.05) is 19.4 Å². The Hall–Kier alpha value is -2.75. The minimum Gasteiger partial charge on any atom is -0.484 e. The molecule has 0 aliphatic carbocycles. The normalized spacial score (nSPS) is 11.7. The number of hydrogen-bond acceptors (Lipinski definition) is 4. The van der Waals surface area contributed by atoms with E-state index in [-0.39, 0.29) is 28.8 Å². The number of carbonyl (C=O) groups is 1. The van der Waals surface area contributed by atoms with Gasteiger partial charge in [-0.05, 0) is 48.9 Å². The highest BCUT2D eigenvalue weighted by molar-refractivity contribution is 7.92. The van der Waals surface area contributed by atoms with Gasteiger partial charge in [0.05, 0.1) is 10.5 Å². The van der Waals surface area contributed by atoms with Crippen LogP contribution in [0.15, 0.2) is 53.4 Å². The molecular formula is C19H21F3N2O4S. The first-order chi connectivity index (χ1) is 13.6. The van der Waals surface area contributed by atoms with Crippen LogP contribution in [0.25, 0.3) is 0 Å². The Morgan fingerprint density at radius 2 is 1.79 bits per heavy atom. The van der Waals surface area contributed by atoms with Crippen LogP contribution in [0.4, 0.5) is 18.9 Å². The quantitative estimate of drug-likeness (QED) is 0.593. The van der Waals surface area contributed by atoms with Crippen molar-refractivity contribution in [2.45, 2.75) is 30.8 Å².